The van der Waals surface area contributed by atoms with Gasteiger partial charge in [0, 0.05) is 25.2 Å². The third-order valence-corrected chi connectivity index (χ3v) is 9.94. The summed E-state index contributed by atoms with van der Waals surface area (Å²) in [4.78, 5) is 18.2. The van der Waals surface area contributed by atoms with E-state index in [9.17, 15) is 71.7 Å². The van der Waals surface area contributed by atoms with Gasteiger partial charge in [0.1, 0.15) is 42.3 Å². The van der Waals surface area contributed by atoms with E-state index in [4.69, 9.17) is 0 Å². The molecule has 0 aliphatic carbocycles. The molecule has 0 aliphatic rings. The van der Waals surface area contributed by atoms with Crippen LogP contribution in [0.3, 0.4) is 0 Å². The van der Waals surface area contributed by atoms with Crippen molar-refractivity contribution in [3.63, 3.8) is 0 Å². The summed E-state index contributed by atoms with van der Waals surface area (Å²) in [6, 6.07) is 6.36. The lowest BCUT2D eigenvalue weighted by atomic mass is 10.1. The van der Waals surface area contributed by atoms with Crippen LogP contribution in [0, 0.1) is 0 Å². The molecule has 0 fully saturated rings. The number of phenols is 2. The van der Waals surface area contributed by atoms with Crippen LogP contribution in [-0.2, 0) is 50.1 Å². The van der Waals surface area contributed by atoms with Crippen LogP contribution in [0.25, 0.3) is 10.8 Å². The summed E-state index contributed by atoms with van der Waals surface area (Å²) in [7, 11) is -21.1. The quantitative estimate of drug-likeness (QED) is 0.0830. The second-order valence-electron chi connectivity index (χ2n) is 10.3. The van der Waals surface area contributed by atoms with Crippen molar-refractivity contribution in [1.82, 2.24) is 0 Å². The molecule has 0 saturated heterocycles. The molecule has 0 aromatic heterocycles. The summed E-state index contributed by atoms with van der Waals surface area (Å²) < 4.78 is 137. The predicted octanol–water partition coefficient (Wildman–Crippen LogP) is 3.99. The Balaban J connectivity index is 2.03. The molecule has 4 aromatic rings. The molecular formula is C26H22N6O16S4. The van der Waals surface area contributed by atoms with E-state index in [-0.39, 0.29) is 11.4 Å². The highest BCUT2D eigenvalue weighted by Gasteiger charge is 2.29. The van der Waals surface area contributed by atoms with E-state index in [1.807, 2.05) is 0 Å². The van der Waals surface area contributed by atoms with Crippen LogP contribution in [0.2, 0.25) is 0 Å². The Labute approximate surface area is 292 Å². The molecule has 26 heteroatoms. The van der Waals surface area contributed by atoms with Crippen LogP contribution >= 0.6 is 0 Å². The lowest BCUT2D eigenvalue weighted by Gasteiger charge is -2.13. The molecule has 4 aromatic carbocycles. The van der Waals surface area contributed by atoms with Crippen LogP contribution in [0.4, 0.5) is 34.1 Å². The number of carbonyl (C=O) groups is 2. The molecule has 0 aliphatic heterocycles. The number of phenolic OH excluding ortho intramolecular Hbond substituents is 2. The van der Waals surface area contributed by atoms with Gasteiger partial charge in [-0.2, -0.15) is 33.7 Å². The Bertz CT molecular complexity index is 2530. The lowest BCUT2D eigenvalue weighted by molar-refractivity contribution is -0.115. The molecular weight excluding hydrogens is 781 g/mol. The molecule has 0 heterocycles. The van der Waals surface area contributed by atoms with Gasteiger partial charge in [-0.3, -0.25) is 27.8 Å². The molecule has 0 radical (unpaired) electrons. The Hall–Kier alpha value is -5.48. The van der Waals surface area contributed by atoms with Gasteiger partial charge in [-0.25, -0.2) is 0 Å². The van der Waals surface area contributed by atoms with Gasteiger partial charge in [0.05, 0.1) is 5.39 Å². The molecule has 0 atom stereocenters. The van der Waals surface area contributed by atoms with Crippen molar-refractivity contribution in [2.45, 2.75) is 33.4 Å². The van der Waals surface area contributed by atoms with Crippen LogP contribution < -0.4 is 10.6 Å². The SMILES string of the molecule is CC(=O)Nc1ccc(/N=N/c2c(S(=O)(=O)O)cc3cc(S(=O)(=O)O)c(/N=N/c4ccc(NC(C)=O)cc4S(=O)(=O)O)c(O)c3c2O)c(S(=O)(=O)O)c1. The smallest absolute Gasteiger partial charge is 0.296 e. The first-order valence-corrected chi connectivity index (χ1v) is 19.2. The van der Waals surface area contributed by atoms with Gasteiger partial charge in [0.2, 0.25) is 11.8 Å². The Kier molecular flexibility index (Phi) is 10.5. The molecule has 0 saturated carbocycles. The molecule has 0 bridgehead atoms. The normalized spacial score (nSPS) is 12.8. The molecule has 4 rings (SSSR count). The van der Waals surface area contributed by atoms with E-state index in [2.05, 4.69) is 31.1 Å². The molecule has 8 N–H and O–H groups in total. The lowest BCUT2D eigenvalue weighted by Crippen LogP contribution is -2.07. The number of fused-ring (bicyclic) bond motifs is 1. The van der Waals surface area contributed by atoms with E-state index in [0.717, 1.165) is 50.2 Å². The molecule has 276 valence electrons. The first kappa shape index (κ1) is 39.3. The second-order valence-corrected chi connectivity index (χ2v) is 15.8. The van der Waals surface area contributed by atoms with Gasteiger partial charge in [-0.1, -0.05) is 0 Å². The number of amides is 2. The number of rotatable bonds is 10. The molecule has 0 unspecified atom stereocenters. The zero-order valence-corrected chi connectivity index (χ0v) is 29.1. The maximum absolute atomic E-state index is 12.3. The monoisotopic (exact) mass is 802 g/mol. The van der Waals surface area contributed by atoms with Crippen LogP contribution in [0.1, 0.15) is 13.8 Å². The number of aromatic hydroxyl groups is 2. The maximum atomic E-state index is 12.3. The van der Waals surface area contributed by atoms with Gasteiger partial charge in [-0.05, 0) is 53.9 Å². The minimum atomic E-state index is -5.43. The third kappa shape index (κ3) is 8.69. The Morgan fingerprint density at radius 1 is 0.519 bits per heavy atom. The van der Waals surface area contributed by atoms with Crippen molar-refractivity contribution >= 4 is 97.2 Å². The van der Waals surface area contributed by atoms with Crippen molar-refractivity contribution in [3.8, 4) is 11.5 Å². The summed E-state index contributed by atoms with van der Waals surface area (Å²) in [6.07, 6.45) is 0. The molecule has 0 spiro atoms. The number of benzene rings is 4. The number of hydrogen-bond acceptors (Lipinski definition) is 16. The summed E-state index contributed by atoms with van der Waals surface area (Å²) in [5.41, 5.74) is -4.11. The number of carbonyl (C=O) groups excluding carboxylic acids is 2. The number of nitrogens with zero attached hydrogens (tertiary/aromatic N) is 4. The molecule has 2 amide bonds. The fourth-order valence-corrected chi connectivity index (χ4v) is 7.04. The highest BCUT2D eigenvalue weighted by atomic mass is 32.2. The molecule has 52 heavy (non-hydrogen) atoms. The van der Waals surface area contributed by atoms with Crippen molar-refractivity contribution in [1.29, 1.82) is 0 Å². The van der Waals surface area contributed by atoms with Gasteiger partial charge >= 0.3 is 0 Å². The van der Waals surface area contributed by atoms with E-state index in [1.165, 1.54) is 0 Å². The van der Waals surface area contributed by atoms with Crippen LogP contribution in [0.15, 0.2) is 88.6 Å². The highest BCUT2D eigenvalue weighted by Crippen LogP contribution is 2.50. The largest absolute Gasteiger partial charge is 0.505 e. The zero-order valence-electron chi connectivity index (χ0n) is 25.8. The number of anilines is 2. The second kappa shape index (κ2) is 13.9. The minimum absolute atomic E-state index is 0.139. The van der Waals surface area contributed by atoms with E-state index in [1.54, 1.807) is 0 Å². The standard InChI is InChI=1S/C26H22N6O16S4/c1-11(33)27-14-3-5-16(18(9-14)49(37,38)39)29-31-23-20(51(43,44)45)7-13-8-21(52(46,47)48)24(26(36)22(13)25(23)35)32-30-17-6-4-15(28-12(2)34)10-19(17)50(40,41)42/h3-10,35-36H,1-2H3,(H,27,33)(H,28,34)(H,37,38,39)(H,40,41,42)(H,43,44,45)(H,46,47,48)/b31-29+,32-30+. The topological polar surface area (TPSA) is 366 Å². The van der Waals surface area contributed by atoms with E-state index < -0.39 is 117 Å². The Morgan fingerprint density at radius 2 is 0.846 bits per heavy atom. The van der Waals surface area contributed by atoms with Crippen molar-refractivity contribution in [2.75, 3.05) is 10.6 Å². The summed E-state index contributed by atoms with van der Waals surface area (Å²) >= 11 is 0. The summed E-state index contributed by atoms with van der Waals surface area (Å²) in [6.45, 7) is 2.18. The number of nitrogens with one attached hydrogen (secondary N) is 2. The van der Waals surface area contributed by atoms with Crippen LogP contribution in [-0.4, -0.2) is 73.9 Å². The van der Waals surface area contributed by atoms with Crippen LogP contribution in [0.5, 0.6) is 11.5 Å². The first-order chi connectivity index (χ1) is 23.8. The van der Waals surface area contributed by atoms with Gasteiger partial charge in [0.15, 0.2) is 11.5 Å². The van der Waals surface area contributed by atoms with Crippen molar-refractivity contribution in [2.24, 2.45) is 20.5 Å². The van der Waals surface area contributed by atoms with Crippen molar-refractivity contribution < 1.29 is 71.7 Å². The fraction of sp³-hybridized carbons (Fsp3) is 0.0769. The fourth-order valence-electron chi connectivity index (χ4n) is 4.42. The predicted molar refractivity (Wildman–Crippen MR) is 176 cm³/mol. The number of azo groups is 2. The first-order valence-electron chi connectivity index (χ1n) is 13.4. The average molecular weight is 803 g/mol. The molecule has 22 nitrogen and oxygen atoms in total. The highest BCUT2D eigenvalue weighted by molar-refractivity contribution is 7.86. The summed E-state index contributed by atoms with van der Waals surface area (Å²) in [5.74, 6) is -4.04. The Morgan fingerprint density at radius 3 is 1.13 bits per heavy atom. The average Bonchev–Trinajstić information content (AvgIpc) is 2.98. The van der Waals surface area contributed by atoms with Gasteiger partial charge in [0.25, 0.3) is 40.5 Å². The van der Waals surface area contributed by atoms with Gasteiger partial charge < -0.3 is 20.8 Å². The van der Waals surface area contributed by atoms with Crippen molar-refractivity contribution in [3.05, 3.63) is 48.5 Å². The van der Waals surface area contributed by atoms with E-state index >= 15 is 0 Å². The van der Waals surface area contributed by atoms with E-state index in [0.29, 0.717) is 12.1 Å². The zero-order chi connectivity index (χ0) is 39.1. The van der Waals surface area contributed by atoms with Gasteiger partial charge in [-0.15, -0.1) is 20.5 Å². The third-order valence-electron chi connectivity index (χ3n) is 6.44. The minimum Gasteiger partial charge on any atom is -0.505 e. The maximum Gasteiger partial charge on any atom is 0.296 e. The number of hydrogen-bond donors (Lipinski definition) is 8. The summed E-state index contributed by atoms with van der Waals surface area (Å²) in [5, 5.41) is 39.2.